The zero-order chi connectivity index (χ0) is 10.6. The van der Waals surface area contributed by atoms with Gasteiger partial charge < -0.3 is 0 Å². The van der Waals surface area contributed by atoms with Crippen LogP contribution in [0.2, 0.25) is 0 Å². The summed E-state index contributed by atoms with van der Waals surface area (Å²) in [6.45, 7) is 0. The summed E-state index contributed by atoms with van der Waals surface area (Å²) >= 11 is 11.1. The number of benzene rings is 1. The molecular formula is C10H9BrClIO. The summed E-state index contributed by atoms with van der Waals surface area (Å²) in [7, 11) is 0. The van der Waals surface area contributed by atoms with Crippen LogP contribution in [0, 0.1) is 3.57 Å². The van der Waals surface area contributed by atoms with Crippen molar-refractivity contribution in [2.24, 2.45) is 0 Å². The molecule has 0 bridgehead atoms. The molecule has 1 aromatic carbocycles. The van der Waals surface area contributed by atoms with E-state index < -0.39 is 0 Å². The van der Waals surface area contributed by atoms with Crippen LogP contribution in [0.1, 0.15) is 22.3 Å². The maximum Gasteiger partial charge on any atom is 0.165 e. The summed E-state index contributed by atoms with van der Waals surface area (Å²) in [4.78, 5) is 11.6. The largest absolute Gasteiger partial charge is 0.294 e. The second-order valence-electron chi connectivity index (χ2n) is 2.81. The quantitative estimate of drug-likeness (QED) is 0.434. The van der Waals surface area contributed by atoms with E-state index >= 15 is 0 Å². The Hall–Kier alpha value is 0.390. The third-order valence-electron chi connectivity index (χ3n) is 1.81. The van der Waals surface area contributed by atoms with Crippen LogP contribution < -0.4 is 0 Å². The number of carbonyl (C=O) groups is 1. The monoisotopic (exact) mass is 386 g/mol. The highest BCUT2D eigenvalue weighted by molar-refractivity contribution is 14.1. The lowest BCUT2D eigenvalue weighted by molar-refractivity contribution is 0.0988. The van der Waals surface area contributed by atoms with Gasteiger partial charge in [0.25, 0.3) is 0 Å². The predicted molar refractivity (Wildman–Crippen MR) is 71.5 cm³/mol. The maximum absolute atomic E-state index is 11.6. The summed E-state index contributed by atoms with van der Waals surface area (Å²) < 4.78 is 0.995. The number of hydrogen-bond acceptors (Lipinski definition) is 1. The highest BCUT2D eigenvalue weighted by atomic mass is 127. The van der Waals surface area contributed by atoms with Crippen LogP contribution in [0.15, 0.2) is 18.2 Å². The number of rotatable bonds is 4. The van der Waals surface area contributed by atoms with Gasteiger partial charge in [0.05, 0.1) is 0 Å². The molecule has 0 aliphatic carbocycles. The Morgan fingerprint density at radius 2 is 2.21 bits per heavy atom. The van der Waals surface area contributed by atoms with Crippen molar-refractivity contribution in [3.63, 3.8) is 0 Å². The molecule has 76 valence electrons. The van der Waals surface area contributed by atoms with Gasteiger partial charge in [0.1, 0.15) is 0 Å². The molecule has 0 atom stereocenters. The molecule has 1 nitrogen and oxygen atoms in total. The molecular weight excluding hydrogens is 378 g/mol. The van der Waals surface area contributed by atoms with Crippen molar-refractivity contribution < 1.29 is 4.79 Å². The number of halogens is 3. The molecule has 0 saturated carbocycles. The van der Waals surface area contributed by atoms with E-state index in [1.807, 2.05) is 18.2 Å². The third kappa shape index (κ3) is 3.21. The van der Waals surface area contributed by atoms with Gasteiger partial charge in [-0.1, -0.05) is 28.1 Å². The lowest BCUT2D eigenvalue weighted by atomic mass is 10.1. The van der Waals surface area contributed by atoms with Crippen LogP contribution in [-0.4, -0.2) is 11.7 Å². The van der Waals surface area contributed by atoms with Gasteiger partial charge in [-0.05, 0) is 34.2 Å². The van der Waals surface area contributed by atoms with E-state index in [0.29, 0.717) is 12.3 Å². The topological polar surface area (TPSA) is 17.1 Å². The first kappa shape index (κ1) is 12.5. The Morgan fingerprint density at radius 3 is 2.71 bits per heavy atom. The molecule has 0 radical (unpaired) electrons. The lowest BCUT2D eigenvalue weighted by Gasteiger charge is -2.04. The SMILES string of the molecule is O=C(CCCl)c1ccc(CBr)cc1I. The standard InChI is InChI=1S/C10H9BrClIO/c11-6-7-1-2-8(9(13)5-7)10(14)3-4-12/h1-2,5H,3-4,6H2. The highest BCUT2D eigenvalue weighted by Gasteiger charge is 2.09. The molecule has 0 aliphatic heterocycles. The minimum absolute atomic E-state index is 0.116. The molecule has 0 spiro atoms. The average Bonchev–Trinajstić information content (AvgIpc) is 2.17. The van der Waals surface area contributed by atoms with E-state index in [1.165, 1.54) is 5.56 Å². The molecule has 0 fully saturated rings. The Morgan fingerprint density at radius 1 is 1.50 bits per heavy atom. The summed E-state index contributed by atoms with van der Waals surface area (Å²) in [5.41, 5.74) is 1.95. The molecule has 0 saturated heterocycles. The number of hydrogen-bond donors (Lipinski definition) is 0. The van der Waals surface area contributed by atoms with Crippen molar-refractivity contribution in [1.29, 1.82) is 0 Å². The number of carbonyl (C=O) groups excluding carboxylic acids is 1. The summed E-state index contributed by atoms with van der Waals surface area (Å²) in [6, 6.07) is 5.84. The van der Waals surface area contributed by atoms with E-state index in [4.69, 9.17) is 11.6 Å². The van der Waals surface area contributed by atoms with E-state index in [-0.39, 0.29) is 5.78 Å². The Balaban J connectivity index is 2.94. The van der Waals surface area contributed by atoms with Crippen LogP contribution in [0.4, 0.5) is 0 Å². The molecule has 1 aromatic rings. The minimum Gasteiger partial charge on any atom is -0.294 e. The molecule has 0 aliphatic rings. The smallest absolute Gasteiger partial charge is 0.165 e. The number of alkyl halides is 2. The van der Waals surface area contributed by atoms with Gasteiger partial charge in [-0.25, -0.2) is 0 Å². The second kappa shape index (κ2) is 6.08. The summed E-state index contributed by atoms with van der Waals surface area (Å²) in [5.74, 6) is 0.500. The third-order valence-corrected chi connectivity index (χ3v) is 3.54. The lowest BCUT2D eigenvalue weighted by Crippen LogP contribution is -2.02. The van der Waals surface area contributed by atoms with Gasteiger partial charge >= 0.3 is 0 Å². The Labute approximate surface area is 110 Å². The first-order valence-corrected chi connectivity index (χ1v) is 6.86. The highest BCUT2D eigenvalue weighted by Crippen LogP contribution is 2.18. The maximum atomic E-state index is 11.6. The van der Waals surface area contributed by atoms with Crippen LogP contribution in [0.5, 0.6) is 0 Å². The number of Topliss-reactive ketones (excluding diaryl/α,β-unsaturated/α-hetero) is 1. The van der Waals surface area contributed by atoms with E-state index in [2.05, 4.69) is 38.5 Å². The fourth-order valence-electron chi connectivity index (χ4n) is 1.09. The van der Waals surface area contributed by atoms with Crippen molar-refractivity contribution in [3.8, 4) is 0 Å². The summed E-state index contributed by atoms with van der Waals surface area (Å²) in [5, 5.41) is 0.812. The van der Waals surface area contributed by atoms with Crippen LogP contribution in [-0.2, 0) is 5.33 Å². The molecule has 0 unspecified atom stereocenters. The van der Waals surface area contributed by atoms with Crippen molar-refractivity contribution >= 4 is 55.9 Å². The molecule has 0 heterocycles. The van der Waals surface area contributed by atoms with E-state index in [9.17, 15) is 4.79 Å². The number of ketones is 1. The van der Waals surface area contributed by atoms with E-state index in [1.54, 1.807) is 0 Å². The van der Waals surface area contributed by atoms with E-state index in [0.717, 1.165) is 14.5 Å². The van der Waals surface area contributed by atoms with Gasteiger partial charge in [0, 0.05) is 26.8 Å². The molecule has 0 aromatic heterocycles. The van der Waals surface area contributed by atoms with Crippen molar-refractivity contribution in [1.82, 2.24) is 0 Å². The molecule has 1 rings (SSSR count). The average molecular weight is 387 g/mol. The zero-order valence-corrected chi connectivity index (χ0v) is 11.9. The fourth-order valence-corrected chi connectivity index (χ4v) is 2.49. The van der Waals surface area contributed by atoms with Crippen molar-refractivity contribution in [3.05, 3.63) is 32.9 Å². The first-order chi connectivity index (χ1) is 6.69. The minimum atomic E-state index is 0.116. The van der Waals surface area contributed by atoms with Gasteiger partial charge in [-0.3, -0.25) is 4.79 Å². The van der Waals surface area contributed by atoms with Crippen molar-refractivity contribution in [2.45, 2.75) is 11.8 Å². The fraction of sp³-hybridized carbons (Fsp3) is 0.300. The van der Waals surface area contributed by atoms with Gasteiger partial charge in [0.2, 0.25) is 0 Å². The van der Waals surface area contributed by atoms with Gasteiger partial charge in [0.15, 0.2) is 5.78 Å². The van der Waals surface area contributed by atoms with Gasteiger partial charge in [-0.15, -0.1) is 11.6 Å². The Kier molecular flexibility index (Phi) is 5.41. The summed E-state index contributed by atoms with van der Waals surface area (Å²) in [6.07, 6.45) is 0.408. The molecule has 0 amide bonds. The van der Waals surface area contributed by atoms with Gasteiger partial charge in [-0.2, -0.15) is 0 Å². The predicted octanol–water partition coefficient (Wildman–Crippen LogP) is 4.00. The molecule has 14 heavy (non-hydrogen) atoms. The molecule has 4 heteroatoms. The van der Waals surface area contributed by atoms with Crippen molar-refractivity contribution in [2.75, 3.05) is 5.88 Å². The van der Waals surface area contributed by atoms with Crippen LogP contribution in [0.25, 0.3) is 0 Å². The normalized spacial score (nSPS) is 10.2. The zero-order valence-electron chi connectivity index (χ0n) is 7.40. The Bertz CT molecular complexity index is 341. The van der Waals surface area contributed by atoms with Crippen LogP contribution >= 0.6 is 50.1 Å². The first-order valence-electron chi connectivity index (χ1n) is 4.12. The molecule has 0 N–H and O–H groups in total. The van der Waals surface area contributed by atoms with Crippen LogP contribution in [0.3, 0.4) is 0 Å². The second-order valence-corrected chi connectivity index (χ2v) is 4.91.